The minimum absolute atomic E-state index is 0.0432. The topological polar surface area (TPSA) is 63.6 Å². The first-order valence-electron chi connectivity index (χ1n) is 17.3. The van der Waals surface area contributed by atoms with E-state index in [1.807, 2.05) is 0 Å². The number of rotatable bonds is 32. The second-order valence-corrected chi connectivity index (χ2v) is 11.8. The number of carbonyl (C=O) groups is 2. The molecule has 0 saturated heterocycles. The third kappa shape index (κ3) is 29.4. The molecule has 1 atom stereocenters. The first-order chi connectivity index (χ1) is 19.6. The Balaban J connectivity index is 3.33. The molecule has 4 heteroatoms. The van der Waals surface area contributed by atoms with Crippen LogP contribution in [0.5, 0.6) is 0 Å². The molecule has 0 aromatic heterocycles. The summed E-state index contributed by atoms with van der Waals surface area (Å²) in [4.78, 5) is 23.0. The van der Waals surface area contributed by atoms with Crippen LogP contribution in [0.2, 0.25) is 0 Å². The molecule has 234 valence electrons. The zero-order chi connectivity index (χ0) is 29.4. The molecule has 0 amide bonds. The molecule has 0 heterocycles. The number of hydrogen-bond donors (Lipinski definition) is 1. The highest BCUT2D eigenvalue weighted by molar-refractivity contribution is 5.78. The molecule has 1 unspecified atom stereocenters. The minimum atomic E-state index is -0.902. The maximum Gasteiger partial charge on any atom is 0.307 e. The Hall–Kier alpha value is -1.58. The highest BCUT2D eigenvalue weighted by Crippen LogP contribution is 2.18. The van der Waals surface area contributed by atoms with E-state index in [1.165, 1.54) is 147 Å². The van der Waals surface area contributed by atoms with Crippen LogP contribution in [0.1, 0.15) is 180 Å². The van der Waals surface area contributed by atoms with Crippen molar-refractivity contribution >= 4 is 11.9 Å². The van der Waals surface area contributed by atoms with Crippen molar-refractivity contribution in [1.82, 2.24) is 0 Å². The van der Waals surface area contributed by atoms with E-state index in [0.29, 0.717) is 6.42 Å². The van der Waals surface area contributed by atoms with Gasteiger partial charge in [-0.15, -0.1) is 0 Å². The van der Waals surface area contributed by atoms with E-state index in [0.717, 1.165) is 19.3 Å². The molecule has 0 aliphatic rings. The van der Waals surface area contributed by atoms with Gasteiger partial charge in [0.05, 0.1) is 12.3 Å². The normalized spacial score (nSPS) is 12.1. The number of allylic oxidation sites excluding steroid dienone is 2. The zero-order valence-corrected chi connectivity index (χ0v) is 26.5. The SMILES string of the molecule is C=CCOC(=O)CC(CCCCCCCCCCCC/C=C/CCCCCCCCCCCCCCC)C(=O)O. The van der Waals surface area contributed by atoms with E-state index >= 15 is 0 Å². The fourth-order valence-electron chi connectivity index (χ4n) is 5.31. The standard InChI is InChI=1S/C36H66O4/c1-3-5-6-7-8-9-10-11-12-13-14-15-16-17-18-19-20-21-22-23-24-25-26-27-28-29-30-31-34(36(38)39)33-35(37)40-32-4-2/h4,18-19,34H,2-3,5-17,20-33H2,1H3,(H,38,39)/b19-18+. The summed E-state index contributed by atoms with van der Waals surface area (Å²) in [6.07, 6.45) is 40.0. The number of hydrogen-bond acceptors (Lipinski definition) is 3. The van der Waals surface area contributed by atoms with Crippen LogP contribution in [0.4, 0.5) is 0 Å². The monoisotopic (exact) mass is 562 g/mol. The average molecular weight is 563 g/mol. The largest absolute Gasteiger partial charge is 0.481 e. The molecule has 0 radical (unpaired) electrons. The summed E-state index contributed by atoms with van der Waals surface area (Å²) in [6, 6.07) is 0. The number of carboxylic acid groups (broad SMARTS) is 1. The van der Waals surface area contributed by atoms with Crippen molar-refractivity contribution in [2.24, 2.45) is 5.92 Å². The van der Waals surface area contributed by atoms with Gasteiger partial charge < -0.3 is 9.84 Å². The second kappa shape index (κ2) is 31.9. The van der Waals surface area contributed by atoms with Crippen LogP contribution in [0, 0.1) is 5.92 Å². The first-order valence-corrected chi connectivity index (χ1v) is 17.3. The van der Waals surface area contributed by atoms with Crippen molar-refractivity contribution in [3.63, 3.8) is 0 Å². The van der Waals surface area contributed by atoms with Crippen LogP contribution in [-0.4, -0.2) is 23.7 Å². The highest BCUT2D eigenvalue weighted by Gasteiger charge is 2.21. The molecule has 0 spiro atoms. The van der Waals surface area contributed by atoms with Crippen molar-refractivity contribution in [3.05, 3.63) is 24.8 Å². The quantitative estimate of drug-likeness (QED) is 0.0503. The van der Waals surface area contributed by atoms with Crippen molar-refractivity contribution in [3.8, 4) is 0 Å². The number of carboxylic acids is 1. The lowest BCUT2D eigenvalue weighted by Gasteiger charge is -2.11. The van der Waals surface area contributed by atoms with E-state index in [4.69, 9.17) is 4.74 Å². The van der Waals surface area contributed by atoms with Crippen molar-refractivity contribution in [1.29, 1.82) is 0 Å². The molecule has 40 heavy (non-hydrogen) atoms. The Labute approximate surface area is 248 Å². The maximum absolute atomic E-state index is 11.6. The molecule has 0 rings (SSSR count). The van der Waals surface area contributed by atoms with Gasteiger partial charge in [-0.1, -0.05) is 167 Å². The second-order valence-electron chi connectivity index (χ2n) is 11.8. The molecule has 0 fully saturated rings. The van der Waals surface area contributed by atoms with Gasteiger partial charge in [0.15, 0.2) is 0 Å². The van der Waals surface area contributed by atoms with Crippen molar-refractivity contribution in [2.45, 2.75) is 180 Å². The predicted octanol–water partition coefficient (Wildman–Crippen LogP) is 11.5. The molecular weight excluding hydrogens is 496 g/mol. The third-order valence-corrected chi connectivity index (χ3v) is 7.94. The Bertz CT molecular complexity index is 598. The van der Waals surface area contributed by atoms with E-state index in [1.54, 1.807) is 0 Å². The molecule has 0 aliphatic heterocycles. The summed E-state index contributed by atoms with van der Waals surface area (Å²) in [5.41, 5.74) is 0. The lowest BCUT2D eigenvalue weighted by atomic mass is 9.97. The molecule has 0 aliphatic carbocycles. The molecular formula is C36H66O4. The minimum Gasteiger partial charge on any atom is -0.481 e. The van der Waals surface area contributed by atoms with Crippen molar-refractivity contribution in [2.75, 3.05) is 6.61 Å². The molecule has 4 nitrogen and oxygen atoms in total. The fraction of sp³-hybridized carbons (Fsp3) is 0.833. The van der Waals surface area contributed by atoms with Crippen molar-refractivity contribution < 1.29 is 19.4 Å². The first kappa shape index (κ1) is 38.4. The average Bonchev–Trinajstić information content (AvgIpc) is 2.94. The molecule has 0 bridgehead atoms. The molecule has 1 N–H and O–H groups in total. The van der Waals surface area contributed by atoms with Crippen LogP contribution in [-0.2, 0) is 14.3 Å². The van der Waals surface area contributed by atoms with E-state index in [9.17, 15) is 14.7 Å². The predicted molar refractivity (Wildman–Crippen MR) is 172 cm³/mol. The molecule has 0 saturated carbocycles. The van der Waals surface area contributed by atoms with Crippen LogP contribution in [0.3, 0.4) is 0 Å². The van der Waals surface area contributed by atoms with Gasteiger partial charge in [-0.3, -0.25) is 9.59 Å². The Morgan fingerprint density at radius 1 is 0.625 bits per heavy atom. The van der Waals surface area contributed by atoms with E-state index < -0.39 is 17.9 Å². The fourth-order valence-corrected chi connectivity index (χ4v) is 5.31. The van der Waals surface area contributed by atoms with Gasteiger partial charge in [0.25, 0.3) is 0 Å². The number of esters is 1. The number of carbonyl (C=O) groups excluding carboxylic acids is 1. The van der Waals surface area contributed by atoms with Gasteiger partial charge in [0, 0.05) is 0 Å². The van der Waals surface area contributed by atoms with Gasteiger partial charge in [-0.2, -0.15) is 0 Å². The van der Waals surface area contributed by atoms with Crippen LogP contribution in [0.15, 0.2) is 24.8 Å². The summed E-state index contributed by atoms with van der Waals surface area (Å²) < 4.78 is 4.91. The summed E-state index contributed by atoms with van der Waals surface area (Å²) >= 11 is 0. The van der Waals surface area contributed by atoms with Crippen LogP contribution >= 0.6 is 0 Å². The van der Waals surface area contributed by atoms with E-state index in [2.05, 4.69) is 25.7 Å². The maximum atomic E-state index is 11.6. The Morgan fingerprint density at radius 2 is 1.00 bits per heavy atom. The third-order valence-electron chi connectivity index (χ3n) is 7.94. The molecule has 0 aromatic rings. The summed E-state index contributed by atoms with van der Waals surface area (Å²) in [7, 11) is 0. The lowest BCUT2D eigenvalue weighted by molar-refractivity contribution is -0.151. The van der Waals surface area contributed by atoms with Crippen LogP contribution < -0.4 is 0 Å². The van der Waals surface area contributed by atoms with Gasteiger partial charge in [-0.05, 0) is 32.1 Å². The van der Waals surface area contributed by atoms with Gasteiger partial charge in [-0.25, -0.2) is 0 Å². The summed E-state index contributed by atoms with van der Waals surface area (Å²) in [5, 5.41) is 9.31. The highest BCUT2D eigenvalue weighted by atomic mass is 16.5. The Morgan fingerprint density at radius 3 is 1.38 bits per heavy atom. The van der Waals surface area contributed by atoms with Gasteiger partial charge >= 0.3 is 11.9 Å². The number of unbranched alkanes of at least 4 members (excludes halogenated alkanes) is 23. The summed E-state index contributed by atoms with van der Waals surface area (Å²) in [6.45, 7) is 5.92. The zero-order valence-electron chi connectivity index (χ0n) is 26.5. The van der Waals surface area contributed by atoms with Gasteiger partial charge in [0.1, 0.15) is 6.61 Å². The lowest BCUT2D eigenvalue weighted by Crippen LogP contribution is -2.19. The smallest absolute Gasteiger partial charge is 0.307 e. The van der Waals surface area contributed by atoms with Crippen LogP contribution in [0.25, 0.3) is 0 Å². The number of ether oxygens (including phenoxy) is 1. The Kier molecular flexibility index (Phi) is 30.7. The number of aliphatic carboxylic acids is 1. The van der Waals surface area contributed by atoms with Gasteiger partial charge in [0.2, 0.25) is 0 Å². The molecule has 0 aromatic carbocycles. The summed E-state index contributed by atoms with van der Waals surface area (Å²) in [5.74, 6) is -1.99. The van der Waals surface area contributed by atoms with E-state index in [-0.39, 0.29) is 13.0 Å².